The van der Waals surface area contributed by atoms with Gasteiger partial charge < -0.3 is 4.90 Å². The number of likely N-dealkylation sites (tertiary alicyclic amines) is 2. The van der Waals surface area contributed by atoms with Gasteiger partial charge in [0.1, 0.15) is 5.54 Å². The van der Waals surface area contributed by atoms with Crippen LogP contribution in [-0.2, 0) is 11.3 Å². The maximum Gasteiger partial charge on any atom is 0.242 e. The zero-order valence-corrected chi connectivity index (χ0v) is 14.7. The average molecular weight is 322 g/mol. The summed E-state index contributed by atoms with van der Waals surface area (Å²) in [6.45, 7) is 5.01. The molecule has 2 heterocycles. The summed E-state index contributed by atoms with van der Waals surface area (Å²) >= 11 is 0. The molecule has 3 heteroatoms. The van der Waals surface area contributed by atoms with Gasteiger partial charge in [-0.1, -0.05) is 36.4 Å². The first-order valence-electron chi connectivity index (χ1n) is 9.10. The first-order valence-corrected chi connectivity index (χ1v) is 9.10. The summed E-state index contributed by atoms with van der Waals surface area (Å²) in [4.78, 5) is 17.4. The second-order valence-electron chi connectivity index (χ2n) is 7.47. The smallest absolute Gasteiger partial charge is 0.242 e. The molecule has 1 amide bonds. The van der Waals surface area contributed by atoms with E-state index in [1.807, 2.05) is 11.9 Å². The van der Waals surface area contributed by atoms with Crippen LogP contribution in [0.25, 0.3) is 10.8 Å². The number of aryl methyl sites for hydroxylation is 1. The number of amides is 1. The monoisotopic (exact) mass is 322 g/mol. The average Bonchev–Trinajstić information content (AvgIpc) is 2.98. The largest absolute Gasteiger partial charge is 0.344 e. The molecule has 2 aliphatic heterocycles. The van der Waals surface area contributed by atoms with E-state index < -0.39 is 0 Å². The van der Waals surface area contributed by atoms with Gasteiger partial charge >= 0.3 is 0 Å². The van der Waals surface area contributed by atoms with Crippen LogP contribution in [0.1, 0.15) is 36.8 Å². The summed E-state index contributed by atoms with van der Waals surface area (Å²) in [6.07, 6.45) is 4.27. The number of hydrogen-bond donors (Lipinski definition) is 0. The number of benzene rings is 2. The van der Waals surface area contributed by atoms with Crippen LogP contribution in [0.4, 0.5) is 0 Å². The number of nitrogens with zero attached hydrogens (tertiary/aromatic N) is 2. The van der Waals surface area contributed by atoms with Crippen LogP contribution >= 0.6 is 0 Å². The second-order valence-corrected chi connectivity index (χ2v) is 7.47. The Hall–Kier alpha value is -1.87. The highest BCUT2D eigenvalue weighted by Gasteiger charge is 2.49. The molecule has 24 heavy (non-hydrogen) atoms. The minimum absolute atomic E-state index is 0.254. The van der Waals surface area contributed by atoms with Crippen LogP contribution in [0.15, 0.2) is 36.4 Å². The lowest BCUT2D eigenvalue weighted by Gasteiger charge is -2.43. The molecule has 1 unspecified atom stereocenters. The molecule has 0 radical (unpaired) electrons. The SMILES string of the molecule is Cc1ccc2ccccc2c1CN1CCCC12CCCN(C)C2=O. The van der Waals surface area contributed by atoms with Crippen molar-refractivity contribution in [1.29, 1.82) is 0 Å². The summed E-state index contributed by atoms with van der Waals surface area (Å²) in [6, 6.07) is 13.0. The molecule has 0 bridgehead atoms. The first-order chi connectivity index (χ1) is 11.6. The van der Waals surface area contributed by atoms with Gasteiger partial charge in [-0.3, -0.25) is 9.69 Å². The van der Waals surface area contributed by atoms with Gasteiger partial charge in [0.05, 0.1) is 0 Å². The van der Waals surface area contributed by atoms with Crippen molar-refractivity contribution in [3.8, 4) is 0 Å². The van der Waals surface area contributed by atoms with Gasteiger partial charge in [-0.15, -0.1) is 0 Å². The predicted octanol–water partition coefficient (Wildman–Crippen LogP) is 3.74. The Morgan fingerprint density at radius 2 is 1.79 bits per heavy atom. The highest BCUT2D eigenvalue weighted by Crippen LogP contribution is 2.39. The molecule has 2 aromatic carbocycles. The van der Waals surface area contributed by atoms with E-state index in [-0.39, 0.29) is 5.54 Å². The van der Waals surface area contributed by atoms with Crippen molar-refractivity contribution < 1.29 is 4.79 Å². The lowest BCUT2D eigenvalue weighted by atomic mass is 9.85. The quantitative estimate of drug-likeness (QED) is 0.841. The number of rotatable bonds is 2. The number of carbonyl (C=O) groups is 1. The van der Waals surface area contributed by atoms with Gasteiger partial charge in [0.15, 0.2) is 0 Å². The standard InChI is InChI=1S/C21H26N2O/c1-16-9-10-17-7-3-4-8-18(17)19(16)15-23-14-6-12-21(23)11-5-13-22(2)20(21)24/h3-4,7-10H,5-6,11-15H2,1-2H3. The Morgan fingerprint density at radius 1 is 1.04 bits per heavy atom. The lowest BCUT2D eigenvalue weighted by molar-refractivity contribution is -0.146. The summed E-state index contributed by atoms with van der Waals surface area (Å²) in [7, 11) is 1.96. The highest BCUT2D eigenvalue weighted by molar-refractivity contribution is 5.88. The van der Waals surface area contributed by atoms with Gasteiger partial charge in [0.25, 0.3) is 0 Å². The Morgan fingerprint density at radius 3 is 2.62 bits per heavy atom. The van der Waals surface area contributed by atoms with Gasteiger partial charge in [-0.25, -0.2) is 0 Å². The van der Waals surface area contributed by atoms with E-state index in [1.54, 1.807) is 0 Å². The van der Waals surface area contributed by atoms with Crippen LogP contribution < -0.4 is 0 Å². The van der Waals surface area contributed by atoms with Crippen molar-refractivity contribution in [2.75, 3.05) is 20.1 Å². The first kappa shape index (κ1) is 15.6. The van der Waals surface area contributed by atoms with Crippen molar-refractivity contribution in [2.24, 2.45) is 0 Å². The molecule has 0 saturated carbocycles. The summed E-state index contributed by atoms with van der Waals surface area (Å²) in [5, 5.41) is 2.62. The predicted molar refractivity (Wildman–Crippen MR) is 97.9 cm³/mol. The molecular formula is C21H26N2O. The maximum absolute atomic E-state index is 13.0. The Labute approximate surface area is 144 Å². The minimum atomic E-state index is -0.254. The van der Waals surface area contributed by atoms with Gasteiger partial charge in [0, 0.05) is 20.1 Å². The third-order valence-electron chi connectivity index (χ3n) is 6.08. The Kier molecular flexibility index (Phi) is 3.84. The van der Waals surface area contributed by atoms with Crippen LogP contribution in [0.5, 0.6) is 0 Å². The van der Waals surface area contributed by atoms with E-state index in [0.29, 0.717) is 5.91 Å². The van der Waals surface area contributed by atoms with Gasteiger partial charge in [-0.05, 0) is 61.1 Å². The molecule has 2 aliphatic rings. The number of piperidine rings is 1. The molecule has 0 aromatic heterocycles. The van der Waals surface area contributed by atoms with Gasteiger partial charge in [0.2, 0.25) is 5.91 Å². The Bertz CT molecular complexity index is 785. The molecular weight excluding hydrogens is 296 g/mol. The van der Waals surface area contributed by atoms with E-state index >= 15 is 0 Å². The third kappa shape index (κ3) is 2.34. The van der Waals surface area contributed by atoms with E-state index in [9.17, 15) is 4.79 Å². The van der Waals surface area contributed by atoms with E-state index in [2.05, 4.69) is 48.2 Å². The fraction of sp³-hybridized carbons (Fsp3) is 0.476. The molecule has 2 aromatic rings. The molecule has 2 fully saturated rings. The van der Waals surface area contributed by atoms with E-state index in [1.165, 1.54) is 21.9 Å². The third-order valence-corrected chi connectivity index (χ3v) is 6.08. The number of fused-ring (bicyclic) bond motifs is 1. The normalized spacial score (nSPS) is 25.1. The zero-order valence-electron chi connectivity index (χ0n) is 14.7. The van der Waals surface area contributed by atoms with Crippen LogP contribution in [0.3, 0.4) is 0 Å². The summed E-state index contributed by atoms with van der Waals surface area (Å²) in [5.74, 6) is 0.337. The fourth-order valence-electron chi connectivity index (χ4n) is 4.71. The number of hydrogen-bond acceptors (Lipinski definition) is 2. The molecule has 126 valence electrons. The fourth-order valence-corrected chi connectivity index (χ4v) is 4.71. The number of carbonyl (C=O) groups excluding carboxylic acids is 1. The molecule has 4 rings (SSSR count). The van der Waals surface area contributed by atoms with Crippen molar-refractivity contribution >= 4 is 16.7 Å². The summed E-state index contributed by atoms with van der Waals surface area (Å²) in [5.41, 5.74) is 2.46. The molecule has 1 atom stereocenters. The molecule has 2 saturated heterocycles. The van der Waals surface area contributed by atoms with Crippen molar-refractivity contribution in [3.63, 3.8) is 0 Å². The number of likely N-dealkylation sites (N-methyl/N-ethyl adjacent to an activating group) is 1. The zero-order chi connectivity index (χ0) is 16.7. The van der Waals surface area contributed by atoms with Crippen LogP contribution in [0.2, 0.25) is 0 Å². The van der Waals surface area contributed by atoms with E-state index in [0.717, 1.165) is 45.3 Å². The van der Waals surface area contributed by atoms with E-state index in [4.69, 9.17) is 0 Å². The molecule has 0 N–H and O–H groups in total. The van der Waals surface area contributed by atoms with Crippen molar-refractivity contribution in [2.45, 2.75) is 44.7 Å². The summed E-state index contributed by atoms with van der Waals surface area (Å²) < 4.78 is 0. The maximum atomic E-state index is 13.0. The highest BCUT2D eigenvalue weighted by atomic mass is 16.2. The van der Waals surface area contributed by atoms with Crippen molar-refractivity contribution in [3.05, 3.63) is 47.5 Å². The van der Waals surface area contributed by atoms with Crippen LogP contribution in [0, 0.1) is 6.92 Å². The molecule has 0 aliphatic carbocycles. The molecule has 1 spiro atoms. The van der Waals surface area contributed by atoms with Crippen molar-refractivity contribution in [1.82, 2.24) is 9.80 Å². The second kappa shape index (κ2) is 5.89. The van der Waals surface area contributed by atoms with Gasteiger partial charge in [-0.2, -0.15) is 0 Å². The lowest BCUT2D eigenvalue weighted by Crippen LogP contribution is -2.58. The molecule has 3 nitrogen and oxygen atoms in total. The topological polar surface area (TPSA) is 23.6 Å². The Balaban J connectivity index is 1.73. The minimum Gasteiger partial charge on any atom is -0.344 e. The van der Waals surface area contributed by atoms with Crippen LogP contribution in [-0.4, -0.2) is 41.4 Å².